The van der Waals surface area contributed by atoms with Crippen molar-refractivity contribution in [2.75, 3.05) is 44.8 Å². The average Bonchev–Trinajstić information content (AvgIpc) is 3.47. The van der Waals surface area contributed by atoms with Crippen molar-refractivity contribution in [2.24, 2.45) is 0 Å². The molecule has 3 N–H and O–H groups in total. The van der Waals surface area contributed by atoms with Crippen molar-refractivity contribution in [3.05, 3.63) is 59.3 Å². The molecule has 5 rings (SSSR count). The highest BCUT2D eigenvalue weighted by molar-refractivity contribution is 5.85. The minimum Gasteiger partial charge on any atom is -0.390 e. The molecule has 4 heterocycles. The highest BCUT2D eigenvalue weighted by Gasteiger charge is 2.42. The maximum atomic E-state index is 14.4. The number of nitrogens with one attached hydrogen (secondary N) is 2. The number of fused-ring (bicyclic) bond motifs is 3. The molecule has 1 aromatic carbocycles. The van der Waals surface area contributed by atoms with Crippen molar-refractivity contribution in [3.8, 4) is 0 Å². The normalized spacial score (nSPS) is 23.0. The van der Waals surface area contributed by atoms with Gasteiger partial charge in [0.2, 0.25) is 0 Å². The number of aromatic nitrogens is 2. The molecule has 0 aliphatic carbocycles. The Hall–Kier alpha value is -2.69. The van der Waals surface area contributed by atoms with Crippen LogP contribution in [0.2, 0.25) is 0 Å². The summed E-state index contributed by atoms with van der Waals surface area (Å²) >= 11 is 0. The van der Waals surface area contributed by atoms with Crippen LogP contribution in [0.5, 0.6) is 0 Å². The first-order valence-corrected chi connectivity index (χ1v) is 12.8. The number of nitrogens with zero attached hydrogens (tertiary/aromatic N) is 3. The van der Waals surface area contributed by atoms with Crippen molar-refractivity contribution >= 4 is 16.6 Å². The van der Waals surface area contributed by atoms with Crippen molar-refractivity contribution in [3.63, 3.8) is 0 Å². The standard InChI is InChI=1S/C27H33F4N5O/c1-17-11-22-21-12-18(29)3-5-23(21)34-25(22)26(36(17)15-27(30,31)16-37)24-6-4-19(13-32-24)33-20-7-10-35(14-20)9-2-8-28/h3-6,12-13,17,20,26,33-34,37H,2,7-11,14-16H2,1H3/t17-,20+,26-/m1/s1. The fraction of sp³-hybridized carbons (Fsp3) is 0.519. The van der Waals surface area contributed by atoms with E-state index in [9.17, 15) is 22.7 Å². The number of hydrogen-bond donors (Lipinski definition) is 3. The number of aliphatic hydroxyl groups is 1. The van der Waals surface area contributed by atoms with Gasteiger partial charge in [0.25, 0.3) is 5.92 Å². The summed E-state index contributed by atoms with van der Waals surface area (Å²) in [5, 5.41) is 13.5. The van der Waals surface area contributed by atoms with Crippen LogP contribution < -0.4 is 5.32 Å². The zero-order chi connectivity index (χ0) is 26.2. The SMILES string of the molecule is C[C@@H]1Cc2c([nH]c3ccc(F)cc23)[C@@H](c2ccc(N[C@H]3CCN(CCCF)C3)cn2)N1CC(F)(F)CO. The highest BCUT2D eigenvalue weighted by atomic mass is 19.3. The number of benzene rings is 1. The van der Waals surface area contributed by atoms with Gasteiger partial charge < -0.3 is 20.3 Å². The monoisotopic (exact) mass is 519 g/mol. The topological polar surface area (TPSA) is 67.4 Å². The van der Waals surface area contributed by atoms with Gasteiger partial charge in [0.05, 0.1) is 36.8 Å². The Bertz CT molecular complexity index is 1220. The summed E-state index contributed by atoms with van der Waals surface area (Å²) in [5.74, 6) is -3.63. The Morgan fingerprint density at radius 3 is 2.81 bits per heavy atom. The maximum absolute atomic E-state index is 14.4. The number of rotatable bonds is 9. The predicted octanol–water partition coefficient (Wildman–Crippen LogP) is 4.51. The molecule has 200 valence electrons. The second-order valence-electron chi connectivity index (χ2n) is 10.3. The third-order valence-electron chi connectivity index (χ3n) is 7.53. The number of H-pyrrole nitrogens is 1. The van der Waals surface area contributed by atoms with E-state index in [1.54, 1.807) is 17.2 Å². The smallest absolute Gasteiger partial charge is 0.283 e. The fourth-order valence-electron chi connectivity index (χ4n) is 5.73. The second kappa shape index (κ2) is 10.6. The first kappa shape index (κ1) is 25.9. The Morgan fingerprint density at radius 1 is 1.24 bits per heavy atom. The van der Waals surface area contributed by atoms with Crippen LogP contribution in [-0.2, 0) is 6.42 Å². The Kier molecular flexibility index (Phi) is 7.42. The summed E-state index contributed by atoms with van der Waals surface area (Å²) in [4.78, 5) is 11.9. The summed E-state index contributed by atoms with van der Waals surface area (Å²) in [5.41, 5.74) is 3.79. The van der Waals surface area contributed by atoms with E-state index in [1.165, 1.54) is 12.1 Å². The van der Waals surface area contributed by atoms with E-state index < -0.39 is 25.1 Å². The van der Waals surface area contributed by atoms with E-state index in [0.29, 0.717) is 18.5 Å². The molecule has 0 radical (unpaired) electrons. The van der Waals surface area contributed by atoms with E-state index in [-0.39, 0.29) is 24.6 Å². The van der Waals surface area contributed by atoms with Crippen molar-refractivity contribution in [2.45, 2.75) is 50.2 Å². The molecule has 0 unspecified atom stereocenters. The van der Waals surface area contributed by atoms with Crippen molar-refractivity contribution in [1.29, 1.82) is 0 Å². The lowest BCUT2D eigenvalue weighted by Crippen LogP contribution is -2.49. The molecule has 1 saturated heterocycles. The van der Waals surface area contributed by atoms with Gasteiger partial charge in [-0.3, -0.25) is 14.3 Å². The van der Waals surface area contributed by atoms with Gasteiger partial charge >= 0.3 is 0 Å². The lowest BCUT2D eigenvalue weighted by Gasteiger charge is -2.41. The van der Waals surface area contributed by atoms with Gasteiger partial charge in [0, 0.05) is 48.3 Å². The number of hydrogen-bond acceptors (Lipinski definition) is 5. The first-order valence-electron chi connectivity index (χ1n) is 12.8. The maximum Gasteiger partial charge on any atom is 0.283 e. The van der Waals surface area contributed by atoms with Crippen LogP contribution >= 0.6 is 0 Å². The number of pyridine rings is 1. The molecule has 10 heteroatoms. The Balaban J connectivity index is 1.43. The van der Waals surface area contributed by atoms with Gasteiger partial charge in [0.1, 0.15) is 12.4 Å². The number of aromatic amines is 1. The number of anilines is 1. The summed E-state index contributed by atoms with van der Waals surface area (Å²) in [6.45, 7) is 2.18. The molecule has 0 spiro atoms. The van der Waals surface area contributed by atoms with E-state index in [1.807, 2.05) is 19.1 Å². The molecule has 2 aliphatic rings. The molecule has 0 bridgehead atoms. The molecular formula is C27H33F4N5O. The van der Waals surface area contributed by atoms with Crippen molar-refractivity contribution in [1.82, 2.24) is 19.8 Å². The molecule has 3 atom stereocenters. The summed E-state index contributed by atoms with van der Waals surface area (Å²) in [7, 11) is 0. The largest absolute Gasteiger partial charge is 0.390 e. The van der Waals surface area contributed by atoms with Gasteiger partial charge in [-0.05, 0) is 62.1 Å². The van der Waals surface area contributed by atoms with E-state index in [4.69, 9.17) is 0 Å². The van der Waals surface area contributed by atoms with Gasteiger partial charge in [-0.2, -0.15) is 0 Å². The van der Waals surface area contributed by atoms with E-state index in [2.05, 4.69) is 20.2 Å². The van der Waals surface area contributed by atoms with Gasteiger partial charge in [0.15, 0.2) is 0 Å². The summed E-state index contributed by atoms with van der Waals surface area (Å²) in [6.07, 6.45) is 3.67. The highest BCUT2D eigenvalue weighted by Crippen LogP contribution is 2.41. The quantitative estimate of drug-likeness (QED) is 0.363. The van der Waals surface area contributed by atoms with Crippen LogP contribution in [0.1, 0.15) is 42.8 Å². The van der Waals surface area contributed by atoms with Gasteiger partial charge in [-0.25, -0.2) is 13.2 Å². The molecule has 1 fully saturated rings. The molecule has 2 aliphatic heterocycles. The number of likely N-dealkylation sites (tertiary alicyclic amines) is 1. The van der Waals surface area contributed by atoms with E-state index >= 15 is 0 Å². The third kappa shape index (κ3) is 5.46. The Labute approximate surface area is 213 Å². The summed E-state index contributed by atoms with van der Waals surface area (Å²) < 4.78 is 55.4. The first-order chi connectivity index (χ1) is 17.8. The van der Waals surface area contributed by atoms with E-state index in [0.717, 1.165) is 53.9 Å². The van der Waals surface area contributed by atoms with Crippen LogP contribution in [0.3, 0.4) is 0 Å². The number of halogens is 4. The van der Waals surface area contributed by atoms with Gasteiger partial charge in [-0.15, -0.1) is 0 Å². The van der Waals surface area contributed by atoms with Crippen LogP contribution in [-0.4, -0.2) is 82.3 Å². The minimum absolute atomic E-state index is 0.233. The van der Waals surface area contributed by atoms with Gasteiger partial charge in [-0.1, -0.05) is 0 Å². The molecule has 0 amide bonds. The van der Waals surface area contributed by atoms with Crippen LogP contribution in [0.4, 0.5) is 23.2 Å². The lowest BCUT2D eigenvalue weighted by molar-refractivity contribution is -0.0867. The average molecular weight is 520 g/mol. The zero-order valence-electron chi connectivity index (χ0n) is 20.9. The van der Waals surface area contributed by atoms with Crippen LogP contribution in [0.25, 0.3) is 10.9 Å². The predicted molar refractivity (Wildman–Crippen MR) is 135 cm³/mol. The number of alkyl halides is 3. The number of aliphatic hydroxyl groups excluding tert-OH is 1. The minimum atomic E-state index is -3.28. The molecular weight excluding hydrogens is 486 g/mol. The zero-order valence-corrected chi connectivity index (χ0v) is 20.9. The molecule has 3 aromatic rings. The fourth-order valence-corrected chi connectivity index (χ4v) is 5.73. The molecule has 37 heavy (non-hydrogen) atoms. The lowest BCUT2D eigenvalue weighted by atomic mass is 9.90. The van der Waals surface area contributed by atoms with Crippen LogP contribution in [0, 0.1) is 5.82 Å². The Morgan fingerprint density at radius 2 is 2.08 bits per heavy atom. The van der Waals surface area contributed by atoms with Crippen molar-refractivity contribution < 1.29 is 22.7 Å². The molecule has 2 aromatic heterocycles. The molecule has 6 nitrogen and oxygen atoms in total. The third-order valence-corrected chi connectivity index (χ3v) is 7.53. The second-order valence-corrected chi connectivity index (χ2v) is 10.3. The van der Waals surface area contributed by atoms with Crippen LogP contribution in [0.15, 0.2) is 36.5 Å². The molecule has 0 saturated carbocycles. The summed E-state index contributed by atoms with van der Waals surface area (Å²) in [6, 6.07) is 7.59.